The molecule has 0 heterocycles. The van der Waals surface area contributed by atoms with Crippen LogP contribution in [0, 0.1) is 0 Å². The predicted molar refractivity (Wildman–Crippen MR) is 99.7 cm³/mol. The summed E-state index contributed by atoms with van der Waals surface area (Å²) in [4.78, 5) is 12.5. The Morgan fingerprint density at radius 2 is 1.33 bits per heavy atom. The van der Waals surface area contributed by atoms with E-state index in [1.807, 2.05) is 54.6 Å². The van der Waals surface area contributed by atoms with Gasteiger partial charge in [0.2, 0.25) is 0 Å². The summed E-state index contributed by atoms with van der Waals surface area (Å²) in [6, 6.07) is 30.1. The summed E-state index contributed by atoms with van der Waals surface area (Å²) < 4.78 is 1.35. The summed E-state index contributed by atoms with van der Waals surface area (Å²) in [6.07, 6.45) is 0. The first-order valence-electron chi connectivity index (χ1n) is 7.91. The Morgan fingerprint density at radius 1 is 0.792 bits per heavy atom. The Balaban J connectivity index is 1.74. The van der Waals surface area contributed by atoms with Crippen molar-refractivity contribution in [2.24, 2.45) is 0 Å². The second kappa shape index (κ2) is 8.49. The van der Waals surface area contributed by atoms with Crippen LogP contribution in [0.1, 0.15) is 22.0 Å². The summed E-state index contributed by atoms with van der Waals surface area (Å²) in [5.74, 6) is -0.0201. The number of rotatable bonds is 6. The van der Waals surface area contributed by atoms with Crippen molar-refractivity contribution in [1.29, 1.82) is 0 Å². The Morgan fingerprint density at radius 3 is 1.96 bits per heavy atom. The molecule has 0 aliphatic carbocycles. The first-order chi connectivity index (χ1) is 11.8. The molecule has 0 unspecified atom stereocenters. The second-order valence-corrected chi connectivity index (χ2v) is 7.72. The summed E-state index contributed by atoms with van der Waals surface area (Å²) in [6.45, 7) is 0. The molecule has 0 saturated heterocycles. The predicted octanol–water partition coefficient (Wildman–Crippen LogP) is 3.61. The first-order valence-corrected chi connectivity index (χ1v) is 9.98. The van der Waals surface area contributed by atoms with E-state index in [0.29, 0.717) is 20.5 Å². The van der Waals surface area contributed by atoms with Gasteiger partial charge in [-0.15, -0.1) is 0 Å². The van der Waals surface area contributed by atoms with Gasteiger partial charge in [-0.3, -0.25) is 0 Å². The second-order valence-electron chi connectivity index (χ2n) is 5.43. The van der Waals surface area contributed by atoms with Gasteiger partial charge in [0.25, 0.3) is 0 Å². The van der Waals surface area contributed by atoms with E-state index in [9.17, 15) is 4.79 Å². The minimum atomic E-state index is -0.0201. The number of amides is 1. The molecule has 3 aromatic rings. The maximum absolute atomic E-state index is 12.5. The topological polar surface area (TPSA) is 29.1 Å². The number of hydrogen-bond donors (Lipinski definition) is 1. The van der Waals surface area contributed by atoms with Crippen LogP contribution in [0.15, 0.2) is 91.0 Å². The zero-order valence-electron chi connectivity index (χ0n) is 13.3. The molecule has 3 aromatic carbocycles. The van der Waals surface area contributed by atoms with E-state index < -0.39 is 0 Å². The molecule has 2 nitrogen and oxygen atoms in total. The molecule has 1 atom stereocenters. The molecule has 0 aliphatic rings. The fourth-order valence-electron chi connectivity index (χ4n) is 2.43. The molecular weight excluding hydrogens is 361 g/mol. The van der Waals surface area contributed by atoms with Crippen LogP contribution >= 0.6 is 0 Å². The molecule has 0 fully saturated rings. The minimum absolute atomic E-state index is 0.0201. The molecule has 0 spiro atoms. The van der Waals surface area contributed by atoms with Crippen LogP contribution in [0.5, 0.6) is 0 Å². The van der Waals surface area contributed by atoms with Crippen LogP contribution in [-0.4, -0.2) is 20.9 Å². The van der Waals surface area contributed by atoms with Gasteiger partial charge in [0.1, 0.15) is 0 Å². The summed E-state index contributed by atoms with van der Waals surface area (Å²) in [7, 11) is 0. The standard InChI is InChI=1S/C21H19NOSe/c23-21(18-12-6-2-7-13-18)22-20(17-10-4-1-5-11-17)16-24-19-14-8-3-9-15-19/h1-15,20H,16H2,(H,22,23)/t20-/m1/s1. The molecule has 120 valence electrons. The third-order valence-corrected chi connectivity index (χ3v) is 6.02. The van der Waals surface area contributed by atoms with E-state index in [4.69, 9.17) is 0 Å². The van der Waals surface area contributed by atoms with Gasteiger partial charge < -0.3 is 0 Å². The van der Waals surface area contributed by atoms with Crippen LogP contribution in [0.2, 0.25) is 5.32 Å². The fraction of sp³-hybridized carbons (Fsp3) is 0.0952. The molecule has 0 bridgehead atoms. The van der Waals surface area contributed by atoms with Crippen molar-refractivity contribution in [2.45, 2.75) is 11.4 Å². The normalized spacial score (nSPS) is 11.7. The van der Waals surface area contributed by atoms with Gasteiger partial charge in [-0.25, -0.2) is 0 Å². The van der Waals surface area contributed by atoms with Gasteiger partial charge in [-0.2, -0.15) is 0 Å². The van der Waals surface area contributed by atoms with Gasteiger partial charge in [-0.1, -0.05) is 0 Å². The third kappa shape index (κ3) is 4.58. The molecule has 1 amide bonds. The molecular formula is C21H19NOSe. The molecule has 24 heavy (non-hydrogen) atoms. The summed E-state index contributed by atoms with van der Waals surface area (Å²) in [5, 5.41) is 4.13. The van der Waals surface area contributed by atoms with Gasteiger partial charge in [0.15, 0.2) is 0 Å². The monoisotopic (exact) mass is 381 g/mol. The van der Waals surface area contributed by atoms with Gasteiger partial charge >= 0.3 is 149 Å². The maximum atomic E-state index is 12.5. The van der Waals surface area contributed by atoms with Gasteiger partial charge in [-0.05, 0) is 0 Å². The zero-order valence-corrected chi connectivity index (χ0v) is 15.0. The Bertz CT molecular complexity index is 760. The van der Waals surface area contributed by atoms with Crippen LogP contribution in [0.4, 0.5) is 0 Å². The molecule has 1 N–H and O–H groups in total. The molecule has 0 saturated carbocycles. The molecule has 0 radical (unpaired) electrons. The van der Waals surface area contributed by atoms with Gasteiger partial charge in [0.05, 0.1) is 0 Å². The summed E-state index contributed by atoms with van der Waals surface area (Å²) in [5.41, 5.74) is 1.85. The first kappa shape index (κ1) is 16.5. The number of carbonyl (C=O) groups excluding carboxylic acids is 1. The van der Waals surface area contributed by atoms with Crippen LogP contribution in [0.25, 0.3) is 0 Å². The van der Waals surface area contributed by atoms with Crippen molar-refractivity contribution in [3.8, 4) is 0 Å². The quantitative estimate of drug-likeness (QED) is 0.651. The molecule has 3 heteroatoms. The van der Waals surface area contributed by atoms with Crippen LogP contribution < -0.4 is 9.78 Å². The zero-order chi connectivity index (χ0) is 16.6. The van der Waals surface area contributed by atoms with E-state index >= 15 is 0 Å². The summed E-state index contributed by atoms with van der Waals surface area (Å²) >= 11 is 0.311. The Kier molecular flexibility index (Phi) is 5.84. The van der Waals surface area contributed by atoms with E-state index in [-0.39, 0.29) is 11.9 Å². The SMILES string of the molecule is O=C(N[C@H](C[Se]c1ccccc1)c1ccccc1)c1ccccc1. The van der Waals surface area contributed by atoms with Crippen molar-refractivity contribution in [2.75, 3.05) is 0 Å². The van der Waals surface area contributed by atoms with Crippen LogP contribution in [0.3, 0.4) is 0 Å². The van der Waals surface area contributed by atoms with Crippen molar-refractivity contribution in [3.05, 3.63) is 102 Å². The molecule has 0 aromatic heterocycles. The number of benzene rings is 3. The Labute approximate surface area is 149 Å². The molecule has 0 aliphatic heterocycles. The van der Waals surface area contributed by atoms with E-state index in [1.54, 1.807) is 0 Å². The number of carbonyl (C=O) groups is 1. The van der Waals surface area contributed by atoms with E-state index in [0.717, 1.165) is 10.9 Å². The van der Waals surface area contributed by atoms with E-state index in [2.05, 4.69) is 41.7 Å². The Hall–Kier alpha value is -2.35. The van der Waals surface area contributed by atoms with Crippen molar-refractivity contribution in [3.63, 3.8) is 0 Å². The van der Waals surface area contributed by atoms with Crippen molar-refractivity contribution >= 4 is 25.3 Å². The molecule has 3 rings (SSSR count). The van der Waals surface area contributed by atoms with Crippen molar-refractivity contribution in [1.82, 2.24) is 5.32 Å². The van der Waals surface area contributed by atoms with E-state index in [1.165, 1.54) is 4.46 Å². The van der Waals surface area contributed by atoms with Gasteiger partial charge in [0, 0.05) is 0 Å². The average Bonchev–Trinajstić information content (AvgIpc) is 2.67. The number of hydrogen-bond acceptors (Lipinski definition) is 1. The average molecular weight is 380 g/mol. The third-order valence-electron chi connectivity index (χ3n) is 3.70. The van der Waals surface area contributed by atoms with Crippen molar-refractivity contribution < 1.29 is 4.79 Å². The van der Waals surface area contributed by atoms with Crippen LogP contribution in [-0.2, 0) is 0 Å². The fourth-order valence-corrected chi connectivity index (χ4v) is 4.50. The number of nitrogens with one attached hydrogen (secondary N) is 1.